The van der Waals surface area contributed by atoms with Crippen LogP contribution in [0, 0.1) is 17.5 Å². The number of fused-ring (bicyclic) bond motifs is 1. The van der Waals surface area contributed by atoms with E-state index in [9.17, 15) is 35.9 Å². The second-order valence-corrected chi connectivity index (χ2v) is 8.27. The Morgan fingerprint density at radius 3 is 2.47 bits per heavy atom. The van der Waals surface area contributed by atoms with Gasteiger partial charge in [0.2, 0.25) is 11.7 Å². The highest BCUT2D eigenvalue weighted by Gasteiger charge is 2.41. The second kappa shape index (κ2) is 10.6. The largest absolute Gasteiger partial charge is 0.464 e. The van der Waals surface area contributed by atoms with Gasteiger partial charge in [-0.15, -0.1) is 0 Å². The third kappa shape index (κ3) is 6.01. The third-order valence-corrected chi connectivity index (χ3v) is 5.53. The van der Waals surface area contributed by atoms with Crippen LogP contribution in [0.15, 0.2) is 12.1 Å². The molecular weight excluding hydrogens is 498 g/mol. The fraction of sp³-hybridized carbons (Fsp3) is 0.476. The maximum Gasteiger partial charge on any atom is 0.449 e. The molecule has 2 heterocycles. The lowest BCUT2D eigenvalue weighted by Crippen LogP contribution is -2.45. The zero-order valence-corrected chi connectivity index (χ0v) is 19.1. The van der Waals surface area contributed by atoms with Crippen LogP contribution >= 0.6 is 0 Å². The van der Waals surface area contributed by atoms with Crippen molar-refractivity contribution in [2.24, 2.45) is 5.73 Å². The zero-order chi connectivity index (χ0) is 26.8. The average Bonchev–Trinajstić information content (AvgIpc) is 3.16. The van der Waals surface area contributed by atoms with Gasteiger partial charge in [-0.05, 0) is 24.5 Å². The number of aromatic nitrogens is 2. The Kier molecular flexibility index (Phi) is 8.01. The van der Waals surface area contributed by atoms with Gasteiger partial charge in [0.15, 0.2) is 17.5 Å². The van der Waals surface area contributed by atoms with E-state index in [1.165, 1.54) is 4.90 Å². The molecule has 1 aromatic heterocycles. The summed E-state index contributed by atoms with van der Waals surface area (Å²) in [5.74, 6) is -5.73. The number of nitrogens with two attached hydrogens (primary N) is 1. The number of rotatable bonds is 8. The molecule has 3 rings (SSSR count). The lowest BCUT2D eigenvalue weighted by molar-refractivity contribution is -0.148. The minimum Gasteiger partial charge on any atom is -0.464 e. The van der Waals surface area contributed by atoms with E-state index >= 15 is 0 Å². The van der Waals surface area contributed by atoms with E-state index in [2.05, 4.69) is 4.98 Å². The van der Waals surface area contributed by atoms with Crippen LogP contribution in [0.5, 0.6) is 0 Å². The number of carbonyl (C=O) groups is 2. The van der Waals surface area contributed by atoms with Gasteiger partial charge in [-0.2, -0.15) is 13.2 Å². The summed E-state index contributed by atoms with van der Waals surface area (Å²) in [6.45, 7) is 1.02. The van der Waals surface area contributed by atoms with Gasteiger partial charge in [0.05, 0.1) is 12.2 Å². The number of hydrogen-bond acceptors (Lipinski definition) is 5. The minimum absolute atomic E-state index is 0.0201. The number of benzene rings is 1. The summed E-state index contributed by atoms with van der Waals surface area (Å²) >= 11 is 0. The molecule has 0 fully saturated rings. The van der Waals surface area contributed by atoms with Crippen molar-refractivity contribution in [1.82, 2.24) is 19.9 Å². The predicted octanol–water partition coefficient (Wildman–Crippen LogP) is 3.02. The van der Waals surface area contributed by atoms with Gasteiger partial charge in [-0.3, -0.25) is 9.80 Å². The molecule has 0 saturated carbocycles. The van der Waals surface area contributed by atoms with Gasteiger partial charge >= 0.3 is 12.3 Å². The highest BCUT2D eigenvalue weighted by molar-refractivity contribution is 5.77. The van der Waals surface area contributed by atoms with E-state index in [-0.39, 0.29) is 56.1 Å². The van der Waals surface area contributed by atoms with Crippen molar-refractivity contribution in [1.29, 1.82) is 0 Å². The van der Waals surface area contributed by atoms with E-state index in [1.807, 2.05) is 5.43 Å². The molecule has 4 N–H and O–H groups in total. The molecule has 1 atom stereocenters. The van der Waals surface area contributed by atoms with Crippen molar-refractivity contribution in [2.45, 2.75) is 51.5 Å². The van der Waals surface area contributed by atoms with Gasteiger partial charge in [-0.1, -0.05) is 6.92 Å². The first-order valence-electron chi connectivity index (χ1n) is 10.9. The molecule has 36 heavy (non-hydrogen) atoms. The smallest absolute Gasteiger partial charge is 0.449 e. The summed E-state index contributed by atoms with van der Waals surface area (Å²) in [5, 5.41) is 10.1. The van der Waals surface area contributed by atoms with E-state index < -0.39 is 47.5 Å². The molecular formula is C21H24F6N6O3. The average molecular weight is 522 g/mol. The van der Waals surface area contributed by atoms with Gasteiger partial charge in [0.1, 0.15) is 5.82 Å². The Labute approximate surface area is 201 Å². The first-order valence-corrected chi connectivity index (χ1v) is 10.9. The van der Waals surface area contributed by atoms with E-state index in [0.717, 1.165) is 9.58 Å². The van der Waals surface area contributed by atoms with Crippen LogP contribution in [0.4, 0.5) is 37.0 Å². The summed E-state index contributed by atoms with van der Waals surface area (Å²) in [6.07, 6.45) is -6.57. The first kappa shape index (κ1) is 27.1. The molecule has 0 saturated heterocycles. The number of nitrogens with zero attached hydrogens (tertiary/aromatic N) is 4. The number of amides is 2. The van der Waals surface area contributed by atoms with Crippen molar-refractivity contribution in [3.63, 3.8) is 0 Å². The fourth-order valence-electron chi connectivity index (χ4n) is 3.98. The number of halogens is 6. The molecule has 1 aliphatic rings. The third-order valence-electron chi connectivity index (χ3n) is 5.53. The maximum absolute atomic E-state index is 13.9. The maximum atomic E-state index is 13.9. The van der Waals surface area contributed by atoms with Crippen LogP contribution in [0.3, 0.4) is 0 Å². The highest BCUT2D eigenvalue weighted by Crippen LogP contribution is 2.35. The number of imidazole rings is 1. The standard InChI is InChI=1S/C21H24F6N6O3/c1-2-3-33(30-20(35)36)18-16-10-31(4-5-32(16)19(29-18)21(25,26)27)17(34)8-12(28)6-11-7-14(23)15(24)9-13(11)22/h7,9,12,30H,2-6,8,10,28H2,1H3,(H,35,36)/t12-/m1/s1. The van der Waals surface area contributed by atoms with E-state index in [1.54, 1.807) is 6.92 Å². The predicted molar refractivity (Wildman–Crippen MR) is 114 cm³/mol. The van der Waals surface area contributed by atoms with Gasteiger partial charge in [0.25, 0.3) is 0 Å². The van der Waals surface area contributed by atoms with Crippen LogP contribution in [0.1, 0.15) is 36.8 Å². The monoisotopic (exact) mass is 522 g/mol. The number of carboxylic acid groups (broad SMARTS) is 1. The molecule has 0 bridgehead atoms. The Morgan fingerprint density at radius 2 is 1.86 bits per heavy atom. The summed E-state index contributed by atoms with van der Waals surface area (Å²) < 4.78 is 82.2. The molecule has 2 amide bonds. The molecule has 9 nitrogen and oxygen atoms in total. The first-order chi connectivity index (χ1) is 16.8. The summed E-state index contributed by atoms with van der Waals surface area (Å²) in [5.41, 5.74) is 7.69. The van der Waals surface area contributed by atoms with E-state index in [4.69, 9.17) is 10.8 Å². The molecule has 198 valence electrons. The lowest BCUT2D eigenvalue weighted by Gasteiger charge is -2.31. The SMILES string of the molecule is CCCN(NC(=O)O)c1nc(C(F)(F)F)n2c1CN(C(=O)C[C@H](N)Cc1cc(F)c(F)cc1F)CC2. The zero-order valence-electron chi connectivity index (χ0n) is 19.1. The van der Waals surface area contributed by atoms with Gasteiger partial charge in [0, 0.05) is 38.2 Å². The Balaban J connectivity index is 1.81. The molecule has 0 radical (unpaired) electrons. The van der Waals surface area contributed by atoms with Crippen LogP contribution in [-0.4, -0.2) is 50.7 Å². The molecule has 0 aliphatic carbocycles. The molecule has 0 unspecified atom stereocenters. The molecule has 0 spiro atoms. The normalized spacial score (nSPS) is 14.4. The fourth-order valence-corrected chi connectivity index (χ4v) is 3.98. The minimum atomic E-state index is -4.82. The molecule has 1 aliphatic heterocycles. The van der Waals surface area contributed by atoms with Crippen LogP contribution in [-0.2, 0) is 30.5 Å². The van der Waals surface area contributed by atoms with Crippen LogP contribution in [0.25, 0.3) is 0 Å². The summed E-state index contributed by atoms with van der Waals surface area (Å²) in [7, 11) is 0. The van der Waals surface area contributed by atoms with Crippen LogP contribution < -0.4 is 16.2 Å². The van der Waals surface area contributed by atoms with Crippen LogP contribution in [0.2, 0.25) is 0 Å². The summed E-state index contributed by atoms with van der Waals surface area (Å²) in [4.78, 5) is 28.9. The summed E-state index contributed by atoms with van der Waals surface area (Å²) in [6, 6.07) is 0.0361. The molecule has 2 aromatic rings. The Hall–Kier alpha value is -3.49. The quantitative estimate of drug-likeness (QED) is 0.279. The van der Waals surface area contributed by atoms with Gasteiger partial charge < -0.3 is 20.3 Å². The van der Waals surface area contributed by atoms with Crippen molar-refractivity contribution >= 4 is 17.8 Å². The number of carbonyl (C=O) groups excluding carboxylic acids is 1. The number of hydrazine groups is 1. The Morgan fingerprint density at radius 1 is 1.19 bits per heavy atom. The van der Waals surface area contributed by atoms with Crippen molar-refractivity contribution in [3.05, 3.63) is 46.7 Å². The van der Waals surface area contributed by atoms with Crippen molar-refractivity contribution < 1.29 is 41.0 Å². The highest BCUT2D eigenvalue weighted by atomic mass is 19.4. The molecule has 15 heteroatoms. The van der Waals surface area contributed by atoms with Crippen molar-refractivity contribution in [2.75, 3.05) is 18.1 Å². The number of nitrogens with one attached hydrogen (secondary N) is 1. The number of anilines is 1. The number of alkyl halides is 3. The lowest BCUT2D eigenvalue weighted by atomic mass is 10.0. The topological polar surface area (TPSA) is 117 Å². The second-order valence-electron chi connectivity index (χ2n) is 8.27. The number of hydrogen-bond donors (Lipinski definition) is 3. The van der Waals surface area contributed by atoms with E-state index in [0.29, 0.717) is 18.6 Å². The van der Waals surface area contributed by atoms with Gasteiger partial charge in [-0.25, -0.2) is 28.4 Å². The Bertz CT molecular complexity index is 1140. The van der Waals surface area contributed by atoms with Crippen molar-refractivity contribution in [3.8, 4) is 0 Å². The molecule has 1 aromatic carbocycles.